The Morgan fingerprint density at radius 3 is 2.95 bits per heavy atom. The van der Waals surface area contributed by atoms with Crippen molar-refractivity contribution >= 4 is 38.2 Å². The number of hydrogen-bond acceptors (Lipinski definition) is 3. The minimum absolute atomic E-state index is 0.162. The number of rotatable bonds is 3. The molecule has 2 aromatic carbocycles. The lowest BCUT2D eigenvalue weighted by molar-refractivity contribution is 0.885. The number of aromatic nitrogens is 2. The number of benzene rings is 2. The predicted octanol–water partition coefficient (Wildman–Crippen LogP) is 4.08. The molecule has 0 aliphatic carbocycles. The molecule has 1 heterocycles. The van der Waals surface area contributed by atoms with Crippen molar-refractivity contribution in [3.63, 3.8) is 0 Å². The molecule has 0 amide bonds. The van der Waals surface area contributed by atoms with Crippen molar-refractivity contribution in [2.75, 3.05) is 11.1 Å². The summed E-state index contributed by atoms with van der Waals surface area (Å²) in [6, 6.07) is 12.3. The minimum Gasteiger partial charge on any atom is -0.397 e. The zero-order valence-corrected chi connectivity index (χ0v) is 12.6. The van der Waals surface area contributed by atoms with Crippen molar-refractivity contribution in [1.29, 1.82) is 0 Å². The Labute approximate surface area is 125 Å². The lowest BCUT2D eigenvalue weighted by Crippen LogP contribution is -2.08. The van der Waals surface area contributed by atoms with Crippen molar-refractivity contribution in [3.05, 3.63) is 52.6 Å². The molecule has 0 bridgehead atoms. The Morgan fingerprint density at radius 1 is 1.30 bits per heavy atom. The van der Waals surface area contributed by atoms with Crippen LogP contribution in [0.4, 0.5) is 11.4 Å². The summed E-state index contributed by atoms with van der Waals surface area (Å²) in [5, 5.41) is 11.4. The van der Waals surface area contributed by atoms with Crippen molar-refractivity contribution in [2.24, 2.45) is 0 Å². The second kappa shape index (κ2) is 5.17. The number of nitrogen functional groups attached to an aromatic ring is 1. The molecule has 0 saturated heterocycles. The van der Waals surface area contributed by atoms with Crippen LogP contribution in [0, 0.1) is 0 Å². The van der Waals surface area contributed by atoms with Gasteiger partial charge in [0.15, 0.2) is 0 Å². The fourth-order valence-electron chi connectivity index (χ4n) is 2.23. The maximum absolute atomic E-state index is 6.09. The number of halogens is 1. The van der Waals surface area contributed by atoms with Gasteiger partial charge in [0.05, 0.1) is 23.1 Å². The van der Waals surface area contributed by atoms with E-state index < -0.39 is 0 Å². The van der Waals surface area contributed by atoms with E-state index in [1.165, 1.54) is 5.56 Å². The van der Waals surface area contributed by atoms with Gasteiger partial charge in [0.2, 0.25) is 0 Å². The van der Waals surface area contributed by atoms with Crippen LogP contribution >= 0.6 is 15.9 Å². The molecule has 0 saturated carbocycles. The molecule has 1 aromatic heterocycles. The maximum Gasteiger partial charge on any atom is 0.0672 e. The second-order valence-corrected chi connectivity index (χ2v) is 5.73. The van der Waals surface area contributed by atoms with Crippen LogP contribution in [0.2, 0.25) is 0 Å². The fraction of sp³-hybridized carbons (Fsp3) is 0.133. The number of fused-ring (bicyclic) bond motifs is 1. The molecule has 20 heavy (non-hydrogen) atoms. The van der Waals surface area contributed by atoms with E-state index in [1.54, 1.807) is 6.20 Å². The number of nitrogens with one attached hydrogen (secondary N) is 2. The zero-order valence-electron chi connectivity index (χ0n) is 11.0. The first kappa shape index (κ1) is 13.0. The molecular formula is C15H15BrN4. The zero-order chi connectivity index (χ0) is 14.1. The highest BCUT2D eigenvalue weighted by Crippen LogP contribution is 2.28. The lowest BCUT2D eigenvalue weighted by Gasteiger charge is -2.17. The number of anilines is 2. The SMILES string of the molecule is CC(Nc1cc2[nH]ncc2cc1N)c1cccc(Br)c1. The van der Waals surface area contributed by atoms with E-state index in [1.807, 2.05) is 24.3 Å². The topological polar surface area (TPSA) is 66.7 Å². The number of nitrogens with zero attached hydrogens (tertiary/aromatic N) is 1. The van der Waals surface area contributed by atoms with E-state index in [2.05, 4.69) is 50.5 Å². The molecule has 1 unspecified atom stereocenters. The van der Waals surface area contributed by atoms with Gasteiger partial charge >= 0.3 is 0 Å². The average Bonchev–Trinajstić information content (AvgIpc) is 2.86. The second-order valence-electron chi connectivity index (χ2n) is 4.82. The van der Waals surface area contributed by atoms with Crippen molar-refractivity contribution in [3.8, 4) is 0 Å². The van der Waals surface area contributed by atoms with E-state index in [4.69, 9.17) is 5.73 Å². The van der Waals surface area contributed by atoms with Crippen molar-refractivity contribution < 1.29 is 0 Å². The number of nitrogens with two attached hydrogens (primary N) is 1. The number of H-pyrrole nitrogens is 1. The lowest BCUT2D eigenvalue weighted by atomic mass is 10.1. The Bertz CT molecular complexity index is 750. The average molecular weight is 331 g/mol. The smallest absolute Gasteiger partial charge is 0.0672 e. The molecule has 0 aliphatic rings. The quantitative estimate of drug-likeness (QED) is 0.634. The predicted molar refractivity (Wildman–Crippen MR) is 86.7 cm³/mol. The third-order valence-corrected chi connectivity index (χ3v) is 3.82. The Balaban J connectivity index is 1.90. The van der Waals surface area contributed by atoms with Gasteiger partial charge in [0, 0.05) is 15.9 Å². The molecular weight excluding hydrogens is 316 g/mol. The first-order valence-electron chi connectivity index (χ1n) is 6.38. The molecule has 0 spiro atoms. The summed E-state index contributed by atoms with van der Waals surface area (Å²) in [5.41, 5.74) is 9.90. The summed E-state index contributed by atoms with van der Waals surface area (Å²) in [6.45, 7) is 2.11. The third kappa shape index (κ3) is 2.49. The Hall–Kier alpha value is -2.01. The molecule has 3 rings (SSSR count). The van der Waals surface area contributed by atoms with Gasteiger partial charge in [-0.1, -0.05) is 28.1 Å². The summed E-state index contributed by atoms with van der Waals surface area (Å²) < 4.78 is 1.07. The van der Waals surface area contributed by atoms with Crippen LogP contribution in [0.1, 0.15) is 18.5 Å². The maximum atomic E-state index is 6.09. The van der Waals surface area contributed by atoms with E-state index in [-0.39, 0.29) is 6.04 Å². The number of aromatic amines is 1. The van der Waals surface area contributed by atoms with Gasteiger partial charge in [-0.2, -0.15) is 5.10 Å². The van der Waals surface area contributed by atoms with Crippen LogP contribution in [0.3, 0.4) is 0 Å². The van der Waals surface area contributed by atoms with E-state index >= 15 is 0 Å². The van der Waals surface area contributed by atoms with Crippen LogP contribution in [-0.4, -0.2) is 10.2 Å². The Kier molecular flexibility index (Phi) is 3.36. The van der Waals surface area contributed by atoms with Crippen LogP contribution in [0.15, 0.2) is 47.1 Å². The van der Waals surface area contributed by atoms with Gasteiger partial charge in [0.25, 0.3) is 0 Å². The Morgan fingerprint density at radius 2 is 2.15 bits per heavy atom. The first-order valence-corrected chi connectivity index (χ1v) is 7.17. The number of hydrogen-bond donors (Lipinski definition) is 3. The van der Waals surface area contributed by atoms with Gasteiger partial charge in [0.1, 0.15) is 0 Å². The summed E-state index contributed by atoms with van der Waals surface area (Å²) in [5.74, 6) is 0. The molecule has 102 valence electrons. The van der Waals surface area contributed by atoms with Crippen molar-refractivity contribution in [2.45, 2.75) is 13.0 Å². The molecule has 5 heteroatoms. The third-order valence-electron chi connectivity index (χ3n) is 3.33. The van der Waals surface area contributed by atoms with Crippen LogP contribution in [0.25, 0.3) is 10.9 Å². The highest BCUT2D eigenvalue weighted by molar-refractivity contribution is 9.10. The van der Waals surface area contributed by atoms with Crippen LogP contribution in [-0.2, 0) is 0 Å². The normalized spacial score (nSPS) is 12.5. The monoisotopic (exact) mass is 330 g/mol. The van der Waals surface area contributed by atoms with Gasteiger partial charge in [-0.15, -0.1) is 0 Å². The molecule has 3 aromatic rings. The van der Waals surface area contributed by atoms with Gasteiger partial charge < -0.3 is 11.1 Å². The molecule has 0 fully saturated rings. The van der Waals surface area contributed by atoms with Gasteiger partial charge in [-0.3, -0.25) is 5.10 Å². The highest BCUT2D eigenvalue weighted by Gasteiger charge is 2.09. The van der Waals surface area contributed by atoms with Gasteiger partial charge in [-0.25, -0.2) is 0 Å². The summed E-state index contributed by atoms with van der Waals surface area (Å²) >= 11 is 3.49. The molecule has 0 aliphatic heterocycles. The summed E-state index contributed by atoms with van der Waals surface area (Å²) in [4.78, 5) is 0. The van der Waals surface area contributed by atoms with E-state index in [0.717, 1.165) is 26.8 Å². The first-order chi connectivity index (χ1) is 9.63. The summed E-state index contributed by atoms with van der Waals surface area (Å²) in [6.07, 6.45) is 1.77. The van der Waals surface area contributed by atoms with Crippen LogP contribution < -0.4 is 11.1 Å². The van der Waals surface area contributed by atoms with E-state index in [9.17, 15) is 0 Å². The van der Waals surface area contributed by atoms with Crippen molar-refractivity contribution in [1.82, 2.24) is 10.2 Å². The van der Waals surface area contributed by atoms with Gasteiger partial charge in [-0.05, 0) is 36.8 Å². The van der Waals surface area contributed by atoms with Crippen LogP contribution in [0.5, 0.6) is 0 Å². The molecule has 0 radical (unpaired) electrons. The summed E-state index contributed by atoms with van der Waals surface area (Å²) in [7, 11) is 0. The molecule has 4 nitrogen and oxygen atoms in total. The standard InChI is InChI=1S/C15H15BrN4/c1-9(10-3-2-4-12(16)5-10)19-15-7-14-11(6-13(15)17)8-18-20-14/h2-9,19H,17H2,1H3,(H,18,20). The molecule has 1 atom stereocenters. The largest absolute Gasteiger partial charge is 0.397 e. The van der Waals surface area contributed by atoms with E-state index in [0.29, 0.717) is 0 Å². The fourth-order valence-corrected chi connectivity index (χ4v) is 2.64. The highest BCUT2D eigenvalue weighted by atomic mass is 79.9. The molecule has 4 N–H and O–H groups in total. The minimum atomic E-state index is 0.162.